The number of aromatic nitrogens is 1. The number of amides is 1. The van der Waals surface area contributed by atoms with Crippen molar-refractivity contribution in [2.75, 3.05) is 11.9 Å². The Morgan fingerprint density at radius 3 is 2.63 bits per heavy atom. The number of nitrogens with zero attached hydrogens (tertiary/aromatic N) is 1. The summed E-state index contributed by atoms with van der Waals surface area (Å²) in [5.41, 5.74) is 2.73. The SMILES string of the molecule is CC(C)C(=O)Nc1ccc2[nH]cc([C@H](C(=O)O)N3C[C@]4(C)C[C@@H]3CC(C)(C)C4)c2c1. The quantitative estimate of drug-likeness (QED) is 0.660. The van der Waals surface area contributed by atoms with Gasteiger partial charge in [0.25, 0.3) is 0 Å². The molecule has 162 valence electrons. The minimum Gasteiger partial charge on any atom is -0.480 e. The Kier molecular flexibility index (Phi) is 4.96. The normalized spacial score (nSPS) is 26.8. The molecule has 2 fully saturated rings. The molecule has 1 aliphatic carbocycles. The highest BCUT2D eigenvalue weighted by atomic mass is 16.4. The molecule has 1 saturated carbocycles. The van der Waals surface area contributed by atoms with E-state index in [9.17, 15) is 14.7 Å². The number of likely N-dealkylation sites (tertiary alicyclic amines) is 1. The van der Waals surface area contributed by atoms with Gasteiger partial charge in [-0.15, -0.1) is 0 Å². The van der Waals surface area contributed by atoms with Gasteiger partial charge in [-0.2, -0.15) is 0 Å². The lowest BCUT2D eigenvalue weighted by atomic mass is 9.65. The fourth-order valence-electron chi connectivity index (χ4n) is 5.99. The van der Waals surface area contributed by atoms with Gasteiger partial charge in [-0.1, -0.05) is 34.6 Å². The van der Waals surface area contributed by atoms with Crippen LogP contribution >= 0.6 is 0 Å². The number of nitrogens with one attached hydrogen (secondary N) is 2. The van der Waals surface area contributed by atoms with E-state index in [4.69, 9.17) is 0 Å². The van der Waals surface area contributed by atoms with Crippen molar-refractivity contribution in [2.24, 2.45) is 16.7 Å². The number of aliphatic carboxylic acids is 1. The number of carboxylic acids is 1. The maximum Gasteiger partial charge on any atom is 0.325 e. The van der Waals surface area contributed by atoms with Crippen molar-refractivity contribution in [1.82, 2.24) is 9.88 Å². The topological polar surface area (TPSA) is 85.4 Å². The average Bonchev–Trinajstić information content (AvgIpc) is 3.12. The maximum absolute atomic E-state index is 12.5. The molecular weight excluding hydrogens is 378 g/mol. The molecule has 6 heteroatoms. The van der Waals surface area contributed by atoms with E-state index < -0.39 is 12.0 Å². The lowest BCUT2D eigenvalue weighted by Gasteiger charge is -2.40. The van der Waals surface area contributed by atoms with Crippen LogP contribution in [0.1, 0.15) is 65.5 Å². The van der Waals surface area contributed by atoms with Gasteiger partial charge < -0.3 is 15.4 Å². The fourth-order valence-corrected chi connectivity index (χ4v) is 5.99. The molecule has 1 amide bonds. The highest BCUT2D eigenvalue weighted by Gasteiger charge is 2.52. The van der Waals surface area contributed by atoms with E-state index in [1.165, 1.54) is 0 Å². The minimum atomic E-state index is -0.818. The van der Waals surface area contributed by atoms with Crippen LogP contribution in [0.2, 0.25) is 0 Å². The van der Waals surface area contributed by atoms with E-state index in [0.29, 0.717) is 5.69 Å². The third-order valence-electron chi connectivity index (χ3n) is 6.82. The van der Waals surface area contributed by atoms with Crippen LogP contribution in [0, 0.1) is 16.7 Å². The van der Waals surface area contributed by atoms with Gasteiger partial charge in [-0.05, 0) is 48.3 Å². The number of fused-ring (bicyclic) bond motifs is 3. The second-order valence-electron chi connectivity index (χ2n) is 10.8. The van der Waals surface area contributed by atoms with Crippen molar-refractivity contribution < 1.29 is 14.7 Å². The summed E-state index contributed by atoms with van der Waals surface area (Å²) in [4.78, 5) is 30.1. The van der Waals surface area contributed by atoms with Crippen LogP contribution in [0.3, 0.4) is 0 Å². The number of hydrogen-bond acceptors (Lipinski definition) is 3. The van der Waals surface area contributed by atoms with E-state index in [1.807, 2.05) is 38.2 Å². The van der Waals surface area contributed by atoms with Crippen molar-refractivity contribution in [3.63, 3.8) is 0 Å². The van der Waals surface area contributed by atoms with Gasteiger partial charge in [0, 0.05) is 46.9 Å². The van der Waals surface area contributed by atoms with Gasteiger partial charge in [-0.3, -0.25) is 14.5 Å². The molecule has 3 atom stereocenters. The number of rotatable bonds is 5. The lowest BCUT2D eigenvalue weighted by Crippen LogP contribution is -2.39. The second kappa shape index (κ2) is 7.12. The summed E-state index contributed by atoms with van der Waals surface area (Å²) in [7, 11) is 0. The summed E-state index contributed by atoms with van der Waals surface area (Å²) >= 11 is 0. The molecule has 3 N–H and O–H groups in total. The Labute approximate surface area is 178 Å². The number of carbonyl (C=O) groups is 2. The zero-order valence-electron chi connectivity index (χ0n) is 18.6. The first-order valence-corrected chi connectivity index (χ1v) is 10.9. The van der Waals surface area contributed by atoms with Crippen LogP contribution in [0.4, 0.5) is 5.69 Å². The largest absolute Gasteiger partial charge is 0.480 e. The van der Waals surface area contributed by atoms with E-state index in [1.54, 1.807) is 0 Å². The Morgan fingerprint density at radius 2 is 1.97 bits per heavy atom. The van der Waals surface area contributed by atoms with Crippen LogP contribution in [-0.2, 0) is 9.59 Å². The Balaban J connectivity index is 1.72. The summed E-state index contributed by atoms with van der Waals surface area (Å²) in [6.07, 6.45) is 5.02. The molecule has 1 aromatic heterocycles. The summed E-state index contributed by atoms with van der Waals surface area (Å²) < 4.78 is 0. The van der Waals surface area contributed by atoms with Gasteiger partial charge >= 0.3 is 5.97 Å². The number of carbonyl (C=O) groups excluding carboxylic acids is 1. The maximum atomic E-state index is 12.5. The zero-order valence-corrected chi connectivity index (χ0v) is 18.6. The second-order valence-corrected chi connectivity index (χ2v) is 10.8. The molecule has 4 rings (SSSR count). The van der Waals surface area contributed by atoms with Crippen molar-refractivity contribution in [3.05, 3.63) is 30.0 Å². The first kappa shape index (κ1) is 20.9. The van der Waals surface area contributed by atoms with E-state index >= 15 is 0 Å². The van der Waals surface area contributed by atoms with Gasteiger partial charge in [0.15, 0.2) is 0 Å². The van der Waals surface area contributed by atoms with E-state index in [0.717, 1.165) is 42.3 Å². The van der Waals surface area contributed by atoms with Gasteiger partial charge in [0.2, 0.25) is 5.91 Å². The Bertz CT molecular complexity index is 993. The monoisotopic (exact) mass is 411 g/mol. The number of carboxylic acid groups (broad SMARTS) is 1. The minimum absolute atomic E-state index is 0.0512. The summed E-state index contributed by atoms with van der Waals surface area (Å²) in [5, 5.41) is 14.0. The smallest absolute Gasteiger partial charge is 0.325 e. The summed E-state index contributed by atoms with van der Waals surface area (Å²) in [6, 6.07) is 5.22. The van der Waals surface area contributed by atoms with E-state index in [-0.39, 0.29) is 28.7 Å². The molecule has 2 aromatic rings. The van der Waals surface area contributed by atoms with Crippen LogP contribution in [0.15, 0.2) is 24.4 Å². The zero-order chi connectivity index (χ0) is 21.8. The number of anilines is 1. The molecular formula is C24H33N3O3. The molecule has 6 nitrogen and oxygen atoms in total. The summed E-state index contributed by atoms with van der Waals surface area (Å²) in [5.74, 6) is -0.989. The third kappa shape index (κ3) is 3.73. The van der Waals surface area contributed by atoms with Gasteiger partial charge in [0.1, 0.15) is 6.04 Å². The fraction of sp³-hybridized carbons (Fsp3) is 0.583. The lowest BCUT2D eigenvalue weighted by molar-refractivity contribution is -0.144. The predicted molar refractivity (Wildman–Crippen MR) is 118 cm³/mol. The standard InChI is InChI=1S/C24H33N3O3/c1-14(2)21(28)26-15-6-7-19-17(8-15)18(11-25-19)20(22(29)30)27-13-24(5)10-16(27)9-23(3,4)12-24/h6-8,11,14,16,20,25H,9-10,12-13H2,1-5H3,(H,26,28)(H,29,30)/t16-,20+,24+/m0/s1. The molecule has 30 heavy (non-hydrogen) atoms. The van der Waals surface area contributed by atoms with E-state index in [2.05, 4.69) is 36.0 Å². The van der Waals surface area contributed by atoms with Crippen LogP contribution < -0.4 is 5.32 Å². The predicted octanol–water partition coefficient (Wildman–Crippen LogP) is 4.79. The molecule has 0 spiro atoms. The molecule has 2 aliphatic rings. The number of hydrogen-bond donors (Lipinski definition) is 3. The van der Waals surface area contributed by atoms with Gasteiger partial charge in [-0.25, -0.2) is 0 Å². The Morgan fingerprint density at radius 1 is 1.23 bits per heavy atom. The van der Waals surface area contributed by atoms with Crippen molar-refractivity contribution >= 4 is 28.5 Å². The van der Waals surface area contributed by atoms with Crippen LogP contribution in [-0.4, -0.2) is 39.5 Å². The molecule has 1 aliphatic heterocycles. The molecule has 0 unspecified atom stereocenters. The molecule has 0 radical (unpaired) electrons. The van der Waals surface area contributed by atoms with Crippen molar-refractivity contribution in [1.29, 1.82) is 0 Å². The number of H-pyrrole nitrogens is 1. The summed E-state index contributed by atoms with van der Waals surface area (Å²) in [6.45, 7) is 11.4. The molecule has 2 bridgehead atoms. The van der Waals surface area contributed by atoms with Crippen LogP contribution in [0.5, 0.6) is 0 Å². The highest BCUT2D eigenvalue weighted by Crippen LogP contribution is 2.54. The number of benzene rings is 1. The molecule has 1 aromatic carbocycles. The van der Waals surface area contributed by atoms with Crippen molar-refractivity contribution in [2.45, 2.75) is 66.0 Å². The first-order chi connectivity index (χ1) is 14.0. The van der Waals surface area contributed by atoms with Crippen molar-refractivity contribution in [3.8, 4) is 0 Å². The molecule has 1 saturated heterocycles. The highest BCUT2D eigenvalue weighted by molar-refractivity contribution is 5.96. The van der Waals surface area contributed by atoms with Crippen LogP contribution in [0.25, 0.3) is 10.9 Å². The molecule has 2 heterocycles. The average molecular weight is 412 g/mol. The first-order valence-electron chi connectivity index (χ1n) is 10.9. The number of aromatic amines is 1. The third-order valence-corrected chi connectivity index (χ3v) is 6.82. The van der Waals surface area contributed by atoms with Gasteiger partial charge in [0.05, 0.1) is 0 Å². The Hall–Kier alpha value is -2.34.